The molecule has 0 aromatic heterocycles. The maximum Gasteiger partial charge on any atom is 0.321 e. The minimum Gasteiger partial charge on any atom is -0.497 e. The van der Waals surface area contributed by atoms with Gasteiger partial charge in [-0.1, -0.05) is 13.3 Å². The third-order valence-electron chi connectivity index (χ3n) is 4.46. The molecule has 7 heteroatoms. The largest absolute Gasteiger partial charge is 0.497 e. The highest BCUT2D eigenvalue weighted by atomic mass is 16.5. The van der Waals surface area contributed by atoms with Crippen molar-refractivity contribution in [1.82, 2.24) is 4.90 Å². The molecule has 138 valence electrons. The SMILES string of the molecule is CCCCOc1ccc(OC)cc1NC(=O)N1CCC(C)(C(=O)O)C1. The number of anilines is 1. The maximum atomic E-state index is 12.5. The summed E-state index contributed by atoms with van der Waals surface area (Å²) in [4.78, 5) is 25.4. The lowest BCUT2D eigenvalue weighted by Crippen LogP contribution is -2.37. The van der Waals surface area contributed by atoms with Gasteiger partial charge >= 0.3 is 12.0 Å². The highest BCUT2D eigenvalue weighted by molar-refractivity contribution is 5.92. The summed E-state index contributed by atoms with van der Waals surface area (Å²) in [5.74, 6) is 0.297. The first kappa shape index (κ1) is 18.9. The minimum absolute atomic E-state index is 0.185. The number of carboxylic acid groups (broad SMARTS) is 1. The predicted molar refractivity (Wildman–Crippen MR) is 94.3 cm³/mol. The van der Waals surface area contributed by atoms with Gasteiger partial charge in [-0.25, -0.2) is 4.79 Å². The third-order valence-corrected chi connectivity index (χ3v) is 4.46. The molecular formula is C18H26N2O5. The molecule has 2 N–H and O–H groups in total. The average Bonchev–Trinajstić information content (AvgIpc) is 3.00. The number of amides is 2. The van der Waals surface area contributed by atoms with Crippen molar-refractivity contribution < 1.29 is 24.2 Å². The lowest BCUT2D eigenvalue weighted by atomic mass is 9.90. The van der Waals surface area contributed by atoms with Crippen molar-refractivity contribution in [2.75, 3.05) is 32.1 Å². The summed E-state index contributed by atoms with van der Waals surface area (Å²) in [5, 5.41) is 12.1. The third kappa shape index (κ3) is 4.55. The Kier molecular flexibility index (Phi) is 6.12. The topological polar surface area (TPSA) is 88.1 Å². The van der Waals surface area contributed by atoms with Crippen LogP contribution in [0.5, 0.6) is 11.5 Å². The standard InChI is InChI=1S/C18H26N2O5/c1-4-5-10-25-15-7-6-13(24-3)11-14(15)19-17(23)20-9-8-18(2,12-20)16(21)22/h6-7,11H,4-5,8-10,12H2,1-3H3,(H,19,23)(H,21,22). The average molecular weight is 350 g/mol. The number of carbonyl (C=O) groups is 2. The lowest BCUT2D eigenvalue weighted by molar-refractivity contribution is -0.146. The summed E-state index contributed by atoms with van der Waals surface area (Å²) in [5.41, 5.74) is -0.379. The monoisotopic (exact) mass is 350 g/mol. The Hall–Kier alpha value is -2.44. The van der Waals surface area contributed by atoms with Crippen LogP contribution in [0, 0.1) is 5.41 Å². The second kappa shape index (κ2) is 8.09. The Morgan fingerprint density at radius 3 is 2.76 bits per heavy atom. The molecule has 2 rings (SSSR count). The van der Waals surface area contributed by atoms with Gasteiger partial charge in [0.25, 0.3) is 0 Å². The summed E-state index contributed by atoms with van der Waals surface area (Å²) < 4.78 is 10.9. The van der Waals surface area contributed by atoms with Crippen molar-refractivity contribution >= 4 is 17.7 Å². The Balaban J connectivity index is 2.09. The fourth-order valence-electron chi connectivity index (χ4n) is 2.69. The molecule has 0 radical (unpaired) electrons. The molecule has 1 aromatic rings. The zero-order valence-electron chi connectivity index (χ0n) is 15.0. The molecule has 1 unspecified atom stereocenters. The Labute approximate surface area is 147 Å². The normalized spacial score (nSPS) is 19.6. The van der Waals surface area contributed by atoms with Crippen LogP contribution in [0.3, 0.4) is 0 Å². The number of nitrogens with zero attached hydrogens (tertiary/aromatic N) is 1. The number of hydrogen-bond acceptors (Lipinski definition) is 4. The van der Waals surface area contributed by atoms with Gasteiger partial charge in [-0.3, -0.25) is 4.79 Å². The van der Waals surface area contributed by atoms with Gasteiger partial charge in [-0.05, 0) is 31.9 Å². The van der Waals surface area contributed by atoms with E-state index in [0.717, 1.165) is 12.8 Å². The van der Waals surface area contributed by atoms with Gasteiger partial charge in [-0.15, -0.1) is 0 Å². The van der Waals surface area contributed by atoms with E-state index in [2.05, 4.69) is 12.2 Å². The summed E-state index contributed by atoms with van der Waals surface area (Å²) in [7, 11) is 1.55. The van der Waals surface area contributed by atoms with Gasteiger partial charge in [0, 0.05) is 19.2 Å². The summed E-state index contributed by atoms with van der Waals surface area (Å²) >= 11 is 0. The number of hydrogen-bond donors (Lipinski definition) is 2. The van der Waals surface area contributed by atoms with E-state index in [1.54, 1.807) is 32.2 Å². The molecule has 1 aliphatic rings. The van der Waals surface area contributed by atoms with Crippen molar-refractivity contribution in [3.8, 4) is 11.5 Å². The molecule has 2 amide bonds. The van der Waals surface area contributed by atoms with E-state index in [1.165, 1.54) is 4.90 Å². The molecule has 1 atom stereocenters. The Morgan fingerprint density at radius 2 is 2.16 bits per heavy atom. The molecule has 1 aromatic carbocycles. The van der Waals surface area contributed by atoms with E-state index in [0.29, 0.717) is 36.8 Å². The molecule has 0 saturated carbocycles. The molecule has 7 nitrogen and oxygen atoms in total. The number of likely N-dealkylation sites (tertiary alicyclic amines) is 1. The number of urea groups is 1. The van der Waals surface area contributed by atoms with E-state index in [9.17, 15) is 14.7 Å². The van der Waals surface area contributed by atoms with Crippen molar-refractivity contribution in [1.29, 1.82) is 0 Å². The molecule has 0 spiro atoms. The van der Waals surface area contributed by atoms with Gasteiger partial charge < -0.3 is 24.8 Å². The van der Waals surface area contributed by atoms with Crippen molar-refractivity contribution in [2.45, 2.75) is 33.1 Å². The van der Waals surface area contributed by atoms with Crippen LogP contribution in [-0.4, -0.2) is 48.8 Å². The lowest BCUT2D eigenvalue weighted by Gasteiger charge is -2.21. The maximum absolute atomic E-state index is 12.5. The van der Waals surface area contributed by atoms with E-state index < -0.39 is 11.4 Å². The van der Waals surface area contributed by atoms with Gasteiger partial charge in [-0.2, -0.15) is 0 Å². The summed E-state index contributed by atoms with van der Waals surface area (Å²) in [6, 6.07) is 4.90. The van der Waals surface area contributed by atoms with Crippen LogP contribution in [0.4, 0.5) is 10.5 Å². The number of unbranched alkanes of at least 4 members (excludes halogenated alkanes) is 1. The highest BCUT2D eigenvalue weighted by Crippen LogP contribution is 2.33. The van der Waals surface area contributed by atoms with E-state index in [1.807, 2.05) is 0 Å². The molecule has 1 heterocycles. The number of ether oxygens (including phenoxy) is 2. The van der Waals surface area contributed by atoms with Crippen molar-refractivity contribution in [2.24, 2.45) is 5.41 Å². The number of aliphatic carboxylic acids is 1. The second-order valence-corrected chi connectivity index (χ2v) is 6.53. The van der Waals surface area contributed by atoms with Gasteiger partial charge in [0.05, 0.1) is 24.8 Å². The van der Waals surface area contributed by atoms with Gasteiger partial charge in [0.15, 0.2) is 0 Å². The number of carbonyl (C=O) groups excluding carboxylic acids is 1. The van der Waals surface area contributed by atoms with Crippen LogP contribution in [0.1, 0.15) is 33.1 Å². The fraction of sp³-hybridized carbons (Fsp3) is 0.556. The Bertz CT molecular complexity index is 634. The van der Waals surface area contributed by atoms with E-state index >= 15 is 0 Å². The number of carboxylic acids is 1. The molecule has 25 heavy (non-hydrogen) atoms. The predicted octanol–water partition coefficient (Wildman–Crippen LogP) is 3.20. The van der Waals surface area contributed by atoms with Crippen LogP contribution in [0.2, 0.25) is 0 Å². The van der Waals surface area contributed by atoms with Crippen LogP contribution < -0.4 is 14.8 Å². The first-order valence-corrected chi connectivity index (χ1v) is 8.50. The number of benzene rings is 1. The number of methoxy groups -OCH3 is 1. The van der Waals surface area contributed by atoms with Crippen LogP contribution in [-0.2, 0) is 4.79 Å². The van der Waals surface area contributed by atoms with E-state index in [4.69, 9.17) is 9.47 Å². The first-order valence-electron chi connectivity index (χ1n) is 8.50. The smallest absolute Gasteiger partial charge is 0.321 e. The van der Waals surface area contributed by atoms with Crippen LogP contribution in [0.15, 0.2) is 18.2 Å². The molecule has 0 aliphatic carbocycles. The minimum atomic E-state index is -0.897. The van der Waals surface area contributed by atoms with Gasteiger partial charge in [0.2, 0.25) is 0 Å². The molecular weight excluding hydrogens is 324 g/mol. The summed E-state index contributed by atoms with van der Waals surface area (Å²) in [6.45, 7) is 4.89. The molecule has 0 bridgehead atoms. The van der Waals surface area contributed by atoms with Crippen molar-refractivity contribution in [3.05, 3.63) is 18.2 Å². The number of nitrogens with one attached hydrogen (secondary N) is 1. The van der Waals surface area contributed by atoms with E-state index in [-0.39, 0.29) is 12.6 Å². The number of rotatable bonds is 7. The quantitative estimate of drug-likeness (QED) is 0.737. The summed E-state index contributed by atoms with van der Waals surface area (Å²) in [6.07, 6.45) is 2.37. The first-order chi connectivity index (χ1) is 11.9. The van der Waals surface area contributed by atoms with Gasteiger partial charge in [0.1, 0.15) is 11.5 Å². The second-order valence-electron chi connectivity index (χ2n) is 6.53. The Morgan fingerprint density at radius 1 is 1.40 bits per heavy atom. The molecule has 1 saturated heterocycles. The van der Waals surface area contributed by atoms with Crippen LogP contribution >= 0.6 is 0 Å². The fourth-order valence-corrected chi connectivity index (χ4v) is 2.69. The molecule has 1 fully saturated rings. The van der Waals surface area contributed by atoms with Crippen LogP contribution in [0.25, 0.3) is 0 Å². The zero-order chi connectivity index (χ0) is 18.4. The molecule has 1 aliphatic heterocycles. The van der Waals surface area contributed by atoms with Crippen molar-refractivity contribution in [3.63, 3.8) is 0 Å². The zero-order valence-corrected chi connectivity index (χ0v) is 15.0. The highest BCUT2D eigenvalue weighted by Gasteiger charge is 2.42.